The van der Waals surface area contributed by atoms with E-state index in [9.17, 15) is 4.79 Å². The Kier molecular flexibility index (Phi) is 5.51. The third-order valence-electron chi connectivity index (χ3n) is 4.07. The van der Waals surface area contributed by atoms with Crippen LogP contribution in [0, 0.1) is 6.57 Å². The largest absolute Gasteiger partial charge is 0.444 e. The van der Waals surface area contributed by atoms with E-state index >= 15 is 0 Å². The molecule has 0 bridgehead atoms. The molecular weight excluding hydrogens is 302 g/mol. The molecule has 1 aliphatic rings. The molecule has 1 aromatic carbocycles. The first-order valence-electron chi connectivity index (χ1n) is 8.39. The molecule has 1 saturated heterocycles. The van der Waals surface area contributed by atoms with Gasteiger partial charge in [-0.25, -0.2) is 9.64 Å². The second kappa shape index (κ2) is 7.23. The number of ether oxygens (including phenoxy) is 1. The van der Waals surface area contributed by atoms with Gasteiger partial charge in [0.2, 0.25) is 0 Å². The summed E-state index contributed by atoms with van der Waals surface area (Å²) < 4.78 is 5.54. The van der Waals surface area contributed by atoms with E-state index in [1.807, 2.05) is 49.9 Å². The van der Waals surface area contributed by atoms with Crippen molar-refractivity contribution in [3.63, 3.8) is 0 Å². The van der Waals surface area contributed by atoms with Crippen LogP contribution in [0.25, 0.3) is 4.85 Å². The van der Waals surface area contributed by atoms with Gasteiger partial charge >= 0.3 is 6.09 Å². The first-order valence-corrected chi connectivity index (χ1v) is 8.39. The van der Waals surface area contributed by atoms with E-state index in [1.165, 1.54) is 5.56 Å². The van der Waals surface area contributed by atoms with Crippen molar-refractivity contribution < 1.29 is 9.53 Å². The molecular formula is C19H27N3O2. The standard InChI is InChI=1S/C19H27N3O2/c1-14-11-21(13-16-7-9-17(20-6)10-8-16)12-15(2)22(14)18(23)24-19(3,4)5/h7-10,14-15H,11-13H2,1-5H3. The second-order valence-electron chi connectivity index (χ2n) is 7.56. The smallest absolute Gasteiger partial charge is 0.410 e. The predicted octanol–water partition coefficient (Wildman–Crippen LogP) is 4.07. The van der Waals surface area contributed by atoms with Crippen LogP contribution < -0.4 is 0 Å². The van der Waals surface area contributed by atoms with Crippen molar-refractivity contribution in [2.45, 2.75) is 58.8 Å². The molecule has 2 atom stereocenters. The van der Waals surface area contributed by atoms with Crippen molar-refractivity contribution in [3.05, 3.63) is 41.2 Å². The molecule has 0 aromatic heterocycles. The molecule has 0 N–H and O–H groups in total. The minimum atomic E-state index is -0.474. The average molecular weight is 329 g/mol. The molecule has 1 aliphatic heterocycles. The molecule has 0 radical (unpaired) electrons. The van der Waals surface area contributed by atoms with Crippen LogP contribution in [0.3, 0.4) is 0 Å². The van der Waals surface area contributed by atoms with E-state index in [2.05, 4.69) is 23.6 Å². The van der Waals surface area contributed by atoms with Crippen LogP contribution in [-0.2, 0) is 11.3 Å². The number of hydrogen-bond donors (Lipinski definition) is 0. The Bertz CT molecular complexity index is 601. The summed E-state index contributed by atoms with van der Waals surface area (Å²) in [5.74, 6) is 0. The van der Waals surface area contributed by atoms with E-state index in [-0.39, 0.29) is 18.2 Å². The van der Waals surface area contributed by atoms with Crippen LogP contribution >= 0.6 is 0 Å². The van der Waals surface area contributed by atoms with Crippen molar-refractivity contribution in [3.8, 4) is 0 Å². The summed E-state index contributed by atoms with van der Waals surface area (Å²) in [6.45, 7) is 19.3. The molecule has 1 amide bonds. The number of hydrogen-bond acceptors (Lipinski definition) is 3. The van der Waals surface area contributed by atoms with Crippen molar-refractivity contribution in [2.24, 2.45) is 0 Å². The van der Waals surface area contributed by atoms with Gasteiger partial charge in [-0.2, -0.15) is 0 Å². The van der Waals surface area contributed by atoms with Crippen molar-refractivity contribution in [1.29, 1.82) is 0 Å². The fourth-order valence-electron chi connectivity index (χ4n) is 3.17. The highest BCUT2D eigenvalue weighted by molar-refractivity contribution is 5.69. The lowest BCUT2D eigenvalue weighted by molar-refractivity contribution is -0.0162. The molecule has 0 spiro atoms. The normalized spacial score (nSPS) is 22.1. The lowest BCUT2D eigenvalue weighted by Crippen LogP contribution is -2.59. The summed E-state index contributed by atoms with van der Waals surface area (Å²) in [6.07, 6.45) is -0.233. The van der Waals surface area contributed by atoms with Crippen molar-refractivity contribution >= 4 is 11.8 Å². The molecule has 0 aliphatic carbocycles. The van der Waals surface area contributed by atoms with Gasteiger partial charge < -0.3 is 9.64 Å². The van der Waals surface area contributed by atoms with Crippen LogP contribution in [0.15, 0.2) is 24.3 Å². The maximum atomic E-state index is 12.4. The maximum Gasteiger partial charge on any atom is 0.410 e. The first kappa shape index (κ1) is 18.3. The first-order chi connectivity index (χ1) is 11.2. The van der Waals surface area contributed by atoms with Crippen LogP contribution in [0.5, 0.6) is 0 Å². The van der Waals surface area contributed by atoms with E-state index in [1.54, 1.807) is 0 Å². The highest BCUT2D eigenvalue weighted by atomic mass is 16.6. The Hall–Kier alpha value is -2.06. The van der Waals surface area contributed by atoms with Crippen LogP contribution in [0.2, 0.25) is 0 Å². The zero-order valence-corrected chi connectivity index (χ0v) is 15.2. The average Bonchev–Trinajstić information content (AvgIpc) is 2.45. The number of nitrogens with zero attached hydrogens (tertiary/aromatic N) is 3. The van der Waals surface area contributed by atoms with E-state index < -0.39 is 5.60 Å². The Morgan fingerprint density at radius 3 is 2.21 bits per heavy atom. The molecule has 2 rings (SSSR count). The molecule has 1 aromatic rings. The molecule has 5 heteroatoms. The van der Waals surface area contributed by atoms with Gasteiger partial charge in [-0.1, -0.05) is 24.3 Å². The van der Waals surface area contributed by atoms with Gasteiger partial charge in [-0.15, -0.1) is 0 Å². The third kappa shape index (κ3) is 4.72. The summed E-state index contributed by atoms with van der Waals surface area (Å²) in [7, 11) is 0. The van der Waals surface area contributed by atoms with Crippen LogP contribution in [0.4, 0.5) is 10.5 Å². The molecule has 24 heavy (non-hydrogen) atoms. The maximum absolute atomic E-state index is 12.4. The predicted molar refractivity (Wildman–Crippen MR) is 95.0 cm³/mol. The van der Waals surface area contributed by atoms with E-state index in [0.29, 0.717) is 5.69 Å². The van der Waals surface area contributed by atoms with Gasteiger partial charge in [0.15, 0.2) is 5.69 Å². The van der Waals surface area contributed by atoms with E-state index in [0.717, 1.165) is 19.6 Å². The van der Waals surface area contributed by atoms with E-state index in [4.69, 9.17) is 11.3 Å². The molecule has 2 unspecified atom stereocenters. The quantitative estimate of drug-likeness (QED) is 0.768. The monoisotopic (exact) mass is 329 g/mol. The fraction of sp³-hybridized carbons (Fsp3) is 0.579. The number of rotatable bonds is 2. The lowest BCUT2D eigenvalue weighted by Gasteiger charge is -2.44. The summed E-state index contributed by atoms with van der Waals surface area (Å²) in [6, 6.07) is 7.92. The molecule has 1 heterocycles. The Balaban J connectivity index is 1.99. The van der Waals surface area contributed by atoms with Crippen LogP contribution in [0.1, 0.15) is 40.2 Å². The van der Waals surface area contributed by atoms with Gasteiger partial charge in [0.25, 0.3) is 0 Å². The second-order valence-corrected chi connectivity index (χ2v) is 7.56. The summed E-state index contributed by atoms with van der Waals surface area (Å²) >= 11 is 0. The molecule has 1 fully saturated rings. The highest BCUT2D eigenvalue weighted by Gasteiger charge is 2.35. The summed E-state index contributed by atoms with van der Waals surface area (Å²) in [5, 5.41) is 0. The van der Waals surface area contributed by atoms with Gasteiger partial charge in [0.05, 0.1) is 6.57 Å². The Morgan fingerprint density at radius 2 is 1.75 bits per heavy atom. The third-order valence-corrected chi connectivity index (χ3v) is 4.07. The summed E-state index contributed by atoms with van der Waals surface area (Å²) in [5.41, 5.74) is 1.38. The topological polar surface area (TPSA) is 37.1 Å². The number of amides is 1. The van der Waals surface area contributed by atoms with Crippen molar-refractivity contribution in [1.82, 2.24) is 9.80 Å². The minimum absolute atomic E-state index is 0.103. The van der Waals surface area contributed by atoms with Crippen molar-refractivity contribution in [2.75, 3.05) is 13.1 Å². The summed E-state index contributed by atoms with van der Waals surface area (Å²) in [4.78, 5) is 20.0. The molecule has 5 nitrogen and oxygen atoms in total. The fourth-order valence-corrected chi connectivity index (χ4v) is 3.17. The highest BCUT2D eigenvalue weighted by Crippen LogP contribution is 2.22. The Morgan fingerprint density at radius 1 is 1.21 bits per heavy atom. The van der Waals surface area contributed by atoms with Gasteiger partial charge in [-0.05, 0) is 40.2 Å². The molecule has 130 valence electrons. The van der Waals surface area contributed by atoms with Crippen LogP contribution in [-0.4, -0.2) is 46.7 Å². The lowest BCUT2D eigenvalue weighted by atomic mass is 10.1. The number of piperazine rings is 1. The molecule has 0 saturated carbocycles. The SMILES string of the molecule is [C-]#[N+]c1ccc(CN2CC(C)N(C(=O)OC(C)(C)C)C(C)C2)cc1. The van der Waals surface area contributed by atoms with Gasteiger partial charge in [0.1, 0.15) is 5.60 Å². The number of carbonyl (C=O) groups is 1. The Labute approximate surface area is 145 Å². The number of carbonyl (C=O) groups excluding carboxylic acids is 1. The van der Waals surface area contributed by atoms with Gasteiger partial charge in [0, 0.05) is 31.7 Å². The van der Waals surface area contributed by atoms with Gasteiger partial charge in [-0.3, -0.25) is 4.90 Å². The zero-order valence-electron chi connectivity index (χ0n) is 15.2. The zero-order chi connectivity index (χ0) is 17.9. The minimum Gasteiger partial charge on any atom is -0.444 e. The number of benzene rings is 1.